The van der Waals surface area contributed by atoms with E-state index < -0.39 is 11.7 Å². The van der Waals surface area contributed by atoms with Crippen molar-refractivity contribution in [1.29, 1.82) is 0 Å². The van der Waals surface area contributed by atoms with E-state index in [1.807, 2.05) is 37.3 Å². The lowest BCUT2D eigenvalue weighted by Gasteiger charge is -2.39. The summed E-state index contributed by atoms with van der Waals surface area (Å²) in [6.07, 6.45) is 0.594. The number of benzene rings is 1. The van der Waals surface area contributed by atoms with Crippen LogP contribution in [0.25, 0.3) is 11.0 Å². The van der Waals surface area contributed by atoms with Crippen LogP contribution in [-0.2, 0) is 9.47 Å². The maximum Gasteiger partial charge on any atom is 0.141 e. The van der Waals surface area contributed by atoms with Gasteiger partial charge in [0.1, 0.15) is 23.0 Å². The lowest BCUT2D eigenvalue weighted by Crippen LogP contribution is -2.44. The lowest BCUT2D eigenvalue weighted by atomic mass is 9.86. The number of hydrogen-bond donors (Lipinski definition) is 1. The van der Waals surface area contributed by atoms with Crippen molar-refractivity contribution in [1.82, 2.24) is 0 Å². The molecule has 0 radical (unpaired) electrons. The molecule has 2 heterocycles. The molecule has 2 aromatic rings. The predicted octanol–water partition coefficient (Wildman–Crippen LogP) is 3.05. The Morgan fingerprint density at radius 3 is 2.75 bits per heavy atom. The molecule has 20 heavy (non-hydrogen) atoms. The zero-order valence-electron chi connectivity index (χ0n) is 11.7. The number of fused-ring (bicyclic) bond motifs is 1. The largest absolute Gasteiger partial charge is 0.458 e. The van der Waals surface area contributed by atoms with E-state index in [1.54, 1.807) is 0 Å². The molecular weight excluding hydrogens is 256 g/mol. The Kier molecular flexibility index (Phi) is 3.78. The summed E-state index contributed by atoms with van der Waals surface area (Å²) in [4.78, 5) is 0. The van der Waals surface area contributed by atoms with Crippen LogP contribution in [0.15, 0.2) is 34.7 Å². The zero-order valence-corrected chi connectivity index (χ0v) is 11.7. The highest BCUT2D eigenvalue weighted by Gasteiger charge is 2.42. The standard InChI is InChI=1S/C16H20O4/c1-2-19-16(7-9-18-10-8-16)15(17)14-11-12-5-3-4-6-13(12)20-14/h3-6,11,15,17H,2,7-10H2,1H3. The van der Waals surface area contributed by atoms with E-state index in [-0.39, 0.29) is 0 Å². The summed E-state index contributed by atoms with van der Waals surface area (Å²) in [6, 6.07) is 9.67. The number of rotatable bonds is 4. The lowest BCUT2D eigenvalue weighted by molar-refractivity contribution is -0.172. The first-order valence-corrected chi connectivity index (χ1v) is 7.13. The van der Waals surface area contributed by atoms with E-state index in [4.69, 9.17) is 13.9 Å². The summed E-state index contributed by atoms with van der Waals surface area (Å²) in [5.41, 5.74) is 0.196. The average molecular weight is 276 g/mol. The third-order valence-corrected chi connectivity index (χ3v) is 3.98. The first-order chi connectivity index (χ1) is 9.75. The SMILES string of the molecule is CCOC1(C(O)c2cc3ccccc3o2)CCOCC1. The van der Waals surface area contributed by atoms with Crippen LogP contribution in [0.2, 0.25) is 0 Å². The van der Waals surface area contributed by atoms with Gasteiger partial charge in [-0.3, -0.25) is 0 Å². The normalized spacial score (nSPS) is 20.1. The van der Waals surface area contributed by atoms with Gasteiger partial charge >= 0.3 is 0 Å². The summed E-state index contributed by atoms with van der Waals surface area (Å²) in [6.45, 7) is 3.73. The summed E-state index contributed by atoms with van der Waals surface area (Å²) >= 11 is 0. The molecule has 1 saturated heterocycles. The topological polar surface area (TPSA) is 51.8 Å². The zero-order chi connectivity index (χ0) is 14.0. The number of aliphatic hydroxyl groups excluding tert-OH is 1. The number of furan rings is 1. The van der Waals surface area contributed by atoms with Gasteiger partial charge in [0.25, 0.3) is 0 Å². The van der Waals surface area contributed by atoms with Crippen molar-refractivity contribution in [3.8, 4) is 0 Å². The van der Waals surface area contributed by atoms with Gasteiger partial charge in [0.15, 0.2) is 0 Å². The van der Waals surface area contributed by atoms with Gasteiger partial charge in [-0.15, -0.1) is 0 Å². The van der Waals surface area contributed by atoms with Gasteiger partial charge in [0.2, 0.25) is 0 Å². The minimum absolute atomic E-state index is 0.567. The quantitative estimate of drug-likeness (QED) is 0.932. The van der Waals surface area contributed by atoms with Crippen molar-refractivity contribution in [2.45, 2.75) is 31.5 Å². The third-order valence-electron chi connectivity index (χ3n) is 3.98. The molecule has 1 unspecified atom stereocenters. The Morgan fingerprint density at radius 1 is 1.30 bits per heavy atom. The summed E-state index contributed by atoms with van der Waals surface area (Å²) in [7, 11) is 0. The van der Waals surface area contributed by atoms with Crippen LogP contribution in [0.3, 0.4) is 0 Å². The molecule has 1 aromatic heterocycles. The van der Waals surface area contributed by atoms with E-state index in [0.717, 1.165) is 11.0 Å². The third kappa shape index (κ3) is 2.35. The van der Waals surface area contributed by atoms with Crippen LogP contribution in [0, 0.1) is 0 Å². The fourth-order valence-electron chi connectivity index (χ4n) is 2.90. The van der Waals surface area contributed by atoms with E-state index in [1.165, 1.54) is 0 Å². The maximum atomic E-state index is 10.8. The van der Waals surface area contributed by atoms with E-state index >= 15 is 0 Å². The van der Waals surface area contributed by atoms with Crippen LogP contribution in [0.5, 0.6) is 0 Å². The van der Waals surface area contributed by atoms with E-state index in [0.29, 0.717) is 38.4 Å². The van der Waals surface area contributed by atoms with Gasteiger partial charge in [0.05, 0.1) is 0 Å². The molecule has 0 saturated carbocycles. The van der Waals surface area contributed by atoms with Crippen LogP contribution >= 0.6 is 0 Å². The Bertz CT molecular complexity index is 530. The second-order valence-corrected chi connectivity index (χ2v) is 5.20. The highest BCUT2D eigenvalue weighted by atomic mass is 16.5. The molecule has 3 rings (SSSR count). The minimum atomic E-state index is -0.765. The number of para-hydroxylation sites is 1. The van der Waals surface area contributed by atoms with Crippen LogP contribution < -0.4 is 0 Å². The second kappa shape index (κ2) is 5.56. The van der Waals surface area contributed by atoms with Gasteiger partial charge in [0, 0.05) is 38.0 Å². The number of aliphatic hydroxyl groups is 1. The molecule has 1 N–H and O–H groups in total. The van der Waals surface area contributed by atoms with Crippen LogP contribution in [0.4, 0.5) is 0 Å². The predicted molar refractivity (Wildman–Crippen MR) is 75.6 cm³/mol. The fraction of sp³-hybridized carbons (Fsp3) is 0.500. The maximum absolute atomic E-state index is 10.8. The first kappa shape index (κ1) is 13.6. The minimum Gasteiger partial charge on any atom is -0.458 e. The van der Waals surface area contributed by atoms with Crippen LogP contribution in [0.1, 0.15) is 31.6 Å². The monoisotopic (exact) mass is 276 g/mol. The summed E-state index contributed by atoms with van der Waals surface area (Å²) < 4.78 is 17.1. The molecule has 0 bridgehead atoms. The molecule has 1 atom stereocenters. The average Bonchev–Trinajstić information content (AvgIpc) is 2.91. The fourth-order valence-corrected chi connectivity index (χ4v) is 2.90. The van der Waals surface area contributed by atoms with Gasteiger partial charge in [-0.2, -0.15) is 0 Å². The molecule has 1 aromatic carbocycles. The molecular formula is C16H20O4. The smallest absolute Gasteiger partial charge is 0.141 e. The Morgan fingerprint density at radius 2 is 2.05 bits per heavy atom. The molecule has 108 valence electrons. The van der Waals surface area contributed by atoms with Crippen LogP contribution in [-0.4, -0.2) is 30.5 Å². The molecule has 0 spiro atoms. The molecule has 1 aliphatic rings. The molecule has 0 amide bonds. The van der Waals surface area contributed by atoms with Gasteiger partial charge in [-0.25, -0.2) is 0 Å². The highest BCUT2D eigenvalue weighted by Crippen LogP contribution is 2.39. The van der Waals surface area contributed by atoms with Crippen molar-refractivity contribution < 1.29 is 19.0 Å². The first-order valence-electron chi connectivity index (χ1n) is 7.13. The van der Waals surface area contributed by atoms with Crippen molar-refractivity contribution in [3.63, 3.8) is 0 Å². The molecule has 4 nitrogen and oxygen atoms in total. The van der Waals surface area contributed by atoms with E-state index in [2.05, 4.69) is 0 Å². The van der Waals surface area contributed by atoms with Crippen molar-refractivity contribution >= 4 is 11.0 Å². The molecule has 1 aliphatic heterocycles. The van der Waals surface area contributed by atoms with Crippen molar-refractivity contribution in [2.24, 2.45) is 0 Å². The Balaban J connectivity index is 1.93. The number of hydrogen-bond acceptors (Lipinski definition) is 4. The van der Waals surface area contributed by atoms with Crippen molar-refractivity contribution in [2.75, 3.05) is 19.8 Å². The molecule has 4 heteroatoms. The summed E-state index contributed by atoms with van der Waals surface area (Å²) in [5, 5.41) is 11.8. The van der Waals surface area contributed by atoms with Gasteiger partial charge in [-0.05, 0) is 19.1 Å². The van der Waals surface area contributed by atoms with Crippen molar-refractivity contribution in [3.05, 3.63) is 36.1 Å². The Hall–Kier alpha value is -1.36. The molecule has 0 aliphatic carbocycles. The Labute approximate surface area is 118 Å². The second-order valence-electron chi connectivity index (χ2n) is 5.20. The van der Waals surface area contributed by atoms with E-state index in [9.17, 15) is 5.11 Å². The number of ether oxygens (including phenoxy) is 2. The highest BCUT2D eigenvalue weighted by molar-refractivity contribution is 5.77. The van der Waals surface area contributed by atoms with Gasteiger partial charge < -0.3 is 19.0 Å². The van der Waals surface area contributed by atoms with Gasteiger partial charge in [-0.1, -0.05) is 18.2 Å². The molecule has 1 fully saturated rings. The summed E-state index contributed by atoms with van der Waals surface area (Å²) in [5.74, 6) is 0.571.